The second kappa shape index (κ2) is 8.59. The zero-order chi connectivity index (χ0) is 19.5. The first-order valence-corrected chi connectivity index (χ1v) is 10.9. The Hall–Kier alpha value is -1.96. The average molecular weight is 417 g/mol. The fourth-order valence-electron chi connectivity index (χ4n) is 3.90. The molecule has 0 spiro atoms. The Morgan fingerprint density at radius 1 is 1.11 bits per heavy atom. The number of hydrogen-bond donors (Lipinski definition) is 0. The predicted octanol–water partition coefficient (Wildman–Crippen LogP) is 3.96. The van der Waals surface area contributed by atoms with Gasteiger partial charge in [0.1, 0.15) is 0 Å². The number of benzene rings is 1. The van der Waals surface area contributed by atoms with Crippen LogP contribution in [0, 0.1) is 5.92 Å². The van der Waals surface area contributed by atoms with Crippen LogP contribution < -0.4 is 4.90 Å². The smallest absolute Gasteiger partial charge is 0.169 e. The van der Waals surface area contributed by atoms with Gasteiger partial charge in [-0.1, -0.05) is 37.6 Å². The Bertz CT molecular complexity index is 886. The lowest BCUT2D eigenvalue weighted by Crippen LogP contribution is -2.49. The fourth-order valence-corrected chi connectivity index (χ4v) is 4.77. The van der Waals surface area contributed by atoms with Gasteiger partial charge in [0.25, 0.3) is 0 Å². The summed E-state index contributed by atoms with van der Waals surface area (Å²) in [6, 6.07) is 12.5. The van der Waals surface area contributed by atoms with Crippen molar-refractivity contribution in [1.29, 1.82) is 0 Å². The largest absolute Gasteiger partial charge is 0.369 e. The minimum atomic E-state index is 0.205. The van der Waals surface area contributed by atoms with Crippen molar-refractivity contribution in [2.24, 2.45) is 5.92 Å². The number of tetrazole rings is 1. The molecule has 148 valence electrons. The zero-order valence-corrected chi connectivity index (χ0v) is 17.8. The van der Waals surface area contributed by atoms with Gasteiger partial charge in [-0.3, -0.25) is 4.90 Å². The number of rotatable bonds is 6. The van der Waals surface area contributed by atoms with Crippen LogP contribution in [-0.2, 0) is 6.54 Å². The Kier molecular flexibility index (Phi) is 5.94. The van der Waals surface area contributed by atoms with E-state index in [0.29, 0.717) is 5.92 Å². The third-order valence-corrected chi connectivity index (χ3v) is 6.32. The lowest BCUT2D eigenvalue weighted by atomic mass is 10.0. The van der Waals surface area contributed by atoms with Crippen molar-refractivity contribution in [3.63, 3.8) is 0 Å². The molecule has 0 amide bonds. The highest BCUT2D eigenvalue weighted by Crippen LogP contribution is 2.30. The van der Waals surface area contributed by atoms with Crippen molar-refractivity contribution in [3.8, 4) is 0 Å². The summed E-state index contributed by atoms with van der Waals surface area (Å²) in [5.74, 6) is 1.38. The molecule has 3 heterocycles. The molecule has 2 aromatic heterocycles. The summed E-state index contributed by atoms with van der Waals surface area (Å²) >= 11 is 7.90. The highest BCUT2D eigenvalue weighted by molar-refractivity contribution is 7.09. The van der Waals surface area contributed by atoms with Gasteiger partial charge in [-0.05, 0) is 46.0 Å². The summed E-state index contributed by atoms with van der Waals surface area (Å²) in [4.78, 5) is 6.18. The SMILES string of the molecule is CC(C)C(c1nnnn1Cc1cccs1)N1CCN(c2cccc(Cl)c2)CC1. The third kappa shape index (κ3) is 4.21. The summed E-state index contributed by atoms with van der Waals surface area (Å²) in [6.45, 7) is 9.11. The normalized spacial score (nSPS) is 16.6. The Labute approximate surface area is 174 Å². The van der Waals surface area contributed by atoms with Gasteiger partial charge in [-0.15, -0.1) is 16.4 Å². The molecular weight excluding hydrogens is 392 g/mol. The van der Waals surface area contributed by atoms with Crippen molar-refractivity contribution in [1.82, 2.24) is 25.1 Å². The zero-order valence-electron chi connectivity index (χ0n) is 16.2. The van der Waals surface area contributed by atoms with Gasteiger partial charge in [-0.2, -0.15) is 0 Å². The summed E-state index contributed by atoms with van der Waals surface area (Å²) in [7, 11) is 0. The molecule has 6 nitrogen and oxygen atoms in total. The topological polar surface area (TPSA) is 50.1 Å². The summed E-state index contributed by atoms with van der Waals surface area (Å²) < 4.78 is 1.96. The van der Waals surface area contributed by atoms with E-state index in [1.54, 1.807) is 11.3 Å². The van der Waals surface area contributed by atoms with Gasteiger partial charge in [0.15, 0.2) is 5.82 Å². The molecule has 0 aliphatic carbocycles. The molecule has 1 aromatic carbocycles. The van der Waals surface area contributed by atoms with E-state index in [4.69, 9.17) is 11.6 Å². The maximum absolute atomic E-state index is 6.17. The van der Waals surface area contributed by atoms with Crippen LogP contribution in [0.3, 0.4) is 0 Å². The van der Waals surface area contributed by atoms with Crippen LogP contribution in [0.25, 0.3) is 0 Å². The first-order chi connectivity index (χ1) is 13.6. The molecule has 4 rings (SSSR count). The second-order valence-electron chi connectivity index (χ2n) is 7.47. The van der Waals surface area contributed by atoms with Gasteiger partial charge in [-0.25, -0.2) is 4.68 Å². The van der Waals surface area contributed by atoms with Crippen LogP contribution in [0.15, 0.2) is 41.8 Å². The van der Waals surface area contributed by atoms with E-state index in [0.717, 1.165) is 43.6 Å². The van der Waals surface area contributed by atoms with Gasteiger partial charge >= 0.3 is 0 Å². The molecular formula is C20H25ClN6S. The van der Waals surface area contributed by atoms with Crippen molar-refractivity contribution in [2.45, 2.75) is 26.4 Å². The highest BCUT2D eigenvalue weighted by atomic mass is 35.5. The van der Waals surface area contributed by atoms with Crippen molar-refractivity contribution < 1.29 is 0 Å². The predicted molar refractivity (Wildman–Crippen MR) is 114 cm³/mol. The van der Waals surface area contributed by atoms with E-state index < -0.39 is 0 Å². The summed E-state index contributed by atoms with van der Waals surface area (Å²) in [5.41, 5.74) is 1.19. The van der Waals surface area contributed by atoms with Crippen molar-refractivity contribution >= 4 is 28.6 Å². The second-order valence-corrected chi connectivity index (χ2v) is 8.93. The number of piperazine rings is 1. The maximum Gasteiger partial charge on any atom is 0.169 e. The van der Waals surface area contributed by atoms with Gasteiger partial charge in [0.2, 0.25) is 0 Å². The van der Waals surface area contributed by atoms with Gasteiger partial charge in [0.05, 0.1) is 12.6 Å². The Morgan fingerprint density at radius 3 is 2.61 bits per heavy atom. The maximum atomic E-state index is 6.17. The lowest BCUT2D eigenvalue weighted by molar-refractivity contribution is 0.135. The average Bonchev–Trinajstić information content (AvgIpc) is 3.35. The molecule has 0 N–H and O–H groups in total. The quantitative estimate of drug-likeness (QED) is 0.608. The van der Waals surface area contributed by atoms with Crippen LogP contribution in [0.1, 0.15) is 30.6 Å². The minimum Gasteiger partial charge on any atom is -0.369 e. The molecule has 1 aliphatic rings. The monoisotopic (exact) mass is 416 g/mol. The number of nitrogens with zero attached hydrogens (tertiary/aromatic N) is 6. The van der Waals surface area contributed by atoms with E-state index in [1.807, 2.05) is 22.9 Å². The van der Waals surface area contributed by atoms with E-state index in [-0.39, 0.29) is 6.04 Å². The molecule has 1 saturated heterocycles. The van der Waals surface area contributed by atoms with E-state index in [9.17, 15) is 0 Å². The molecule has 0 bridgehead atoms. The minimum absolute atomic E-state index is 0.205. The first-order valence-electron chi connectivity index (χ1n) is 9.65. The van der Waals surface area contributed by atoms with E-state index in [1.165, 1.54) is 10.6 Å². The van der Waals surface area contributed by atoms with Crippen molar-refractivity contribution in [3.05, 3.63) is 57.5 Å². The van der Waals surface area contributed by atoms with Crippen molar-refractivity contribution in [2.75, 3.05) is 31.1 Å². The molecule has 1 atom stereocenters. The number of thiophene rings is 1. The standard InChI is InChI=1S/C20H25ClN6S/c1-15(2)19(20-22-23-24-27(20)14-18-7-4-12-28-18)26-10-8-25(9-11-26)17-6-3-5-16(21)13-17/h3-7,12-13,15,19H,8-11,14H2,1-2H3. The molecule has 1 aliphatic heterocycles. The Balaban J connectivity index is 1.49. The van der Waals surface area contributed by atoms with E-state index >= 15 is 0 Å². The Morgan fingerprint density at radius 2 is 1.93 bits per heavy atom. The number of halogens is 1. The number of hydrogen-bond acceptors (Lipinski definition) is 6. The highest BCUT2D eigenvalue weighted by Gasteiger charge is 2.31. The van der Waals surface area contributed by atoms with Gasteiger partial charge in [0, 0.05) is 41.8 Å². The fraction of sp³-hybridized carbons (Fsp3) is 0.450. The van der Waals surface area contributed by atoms with Crippen LogP contribution in [0.2, 0.25) is 5.02 Å². The van der Waals surface area contributed by atoms with Crippen LogP contribution in [0.5, 0.6) is 0 Å². The summed E-state index contributed by atoms with van der Waals surface area (Å²) in [6.07, 6.45) is 0. The summed E-state index contributed by atoms with van der Waals surface area (Å²) in [5, 5.41) is 15.6. The molecule has 1 unspecified atom stereocenters. The number of anilines is 1. The van der Waals surface area contributed by atoms with Crippen LogP contribution in [0.4, 0.5) is 5.69 Å². The van der Waals surface area contributed by atoms with Gasteiger partial charge < -0.3 is 4.90 Å². The molecule has 8 heteroatoms. The first kappa shape index (κ1) is 19.4. The third-order valence-electron chi connectivity index (χ3n) is 5.22. The molecule has 28 heavy (non-hydrogen) atoms. The van der Waals surface area contributed by atoms with E-state index in [2.05, 4.69) is 62.8 Å². The van der Waals surface area contributed by atoms with Crippen LogP contribution >= 0.6 is 22.9 Å². The molecule has 0 radical (unpaired) electrons. The number of aromatic nitrogens is 4. The molecule has 1 fully saturated rings. The van der Waals surface area contributed by atoms with Crippen LogP contribution in [-0.4, -0.2) is 51.3 Å². The molecule has 3 aromatic rings. The lowest BCUT2D eigenvalue weighted by Gasteiger charge is -2.41. The molecule has 0 saturated carbocycles.